The summed E-state index contributed by atoms with van der Waals surface area (Å²) in [6, 6.07) is 36.7. The second kappa shape index (κ2) is 10.6. The van der Waals surface area contributed by atoms with Gasteiger partial charge in [-0.05, 0) is 0 Å². The van der Waals surface area contributed by atoms with Crippen LogP contribution in [0.5, 0.6) is 0 Å². The summed E-state index contributed by atoms with van der Waals surface area (Å²) >= 11 is 8.70. The summed E-state index contributed by atoms with van der Waals surface area (Å²) in [6.45, 7) is 27.2. The number of benzene rings is 4. The molecule has 4 rings (SSSR count). The molecule has 2 heteroatoms. The van der Waals surface area contributed by atoms with Crippen LogP contribution in [0.25, 0.3) is 0 Å². The first kappa shape index (κ1) is 32.5. The summed E-state index contributed by atoms with van der Waals surface area (Å²) in [5, 5.41) is 4.69. The van der Waals surface area contributed by atoms with Crippen molar-refractivity contribution in [2.24, 2.45) is 0 Å². The van der Waals surface area contributed by atoms with Gasteiger partial charge in [0.2, 0.25) is 0 Å². The Hall–Kier alpha value is -2.40. The van der Waals surface area contributed by atoms with Crippen LogP contribution in [0, 0.1) is 0 Å². The van der Waals surface area contributed by atoms with Crippen LogP contribution in [0.1, 0.15) is 105 Å². The van der Waals surface area contributed by atoms with E-state index in [4.69, 9.17) is 11.2 Å². The monoisotopic (exact) mass is 598 g/mol. The Labute approximate surface area is 261 Å². The van der Waals surface area contributed by atoms with Gasteiger partial charge < -0.3 is 0 Å². The van der Waals surface area contributed by atoms with Gasteiger partial charge in [0.1, 0.15) is 0 Å². The maximum absolute atomic E-state index is 8.70. The zero-order chi connectivity index (χ0) is 31.4. The van der Waals surface area contributed by atoms with E-state index in [1.165, 1.54) is 43.5 Å². The van der Waals surface area contributed by atoms with Crippen molar-refractivity contribution < 1.29 is 0 Å². The van der Waals surface area contributed by atoms with Gasteiger partial charge in [-0.25, -0.2) is 0 Å². The van der Waals surface area contributed by atoms with Crippen molar-refractivity contribution in [1.82, 2.24) is 0 Å². The van der Waals surface area contributed by atoms with Crippen LogP contribution in [-0.4, -0.2) is 0 Å². The quantitative estimate of drug-likeness (QED) is 0.205. The third-order valence-electron chi connectivity index (χ3n) is 8.87. The molecular weight excluding hydrogens is 547 g/mol. The molecule has 0 fully saturated rings. The molecule has 42 heavy (non-hydrogen) atoms. The van der Waals surface area contributed by atoms with E-state index in [2.05, 4.69) is 180 Å². The topological polar surface area (TPSA) is 0 Å². The van der Waals surface area contributed by atoms with Gasteiger partial charge in [-0.2, -0.15) is 0 Å². The molecule has 0 unspecified atom stereocenters. The molecule has 0 radical (unpaired) electrons. The van der Waals surface area contributed by atoms with Crippen molar-refractivity contribution in [3.8, 4) is 0 Å². The Morgan fingerprint density at radius 1 is 0.310 bits per heavy atom. The molecule has 0 amide bonds. The minimum atomic E-state index is -3.69. The summed E-state index contributed by atoms with van der Waals surface area (Å²) in [4.78, 5) is 0. The number of rotatable bonds is 4. The Kier molecular flexibility index (Phi) is 8.24. The van der Waals surface area contributed by atoms with E-state index in [9.17, 15) is 0 Å². The molecule has 0 aliphatic heterocycles. The standard InChI is InChI=1S/C40H52ClP/c1-37(2,3)29-13-21-33(22-14-29)42(41,34-23-15-30(16-24-34)38(4,5)6,35-25-17-31(18-26-35)39(7,8)9)36-27-19-32(20-28-36)40(10,11)12/h13-28H,1-12H3. The molecule has 0 N–H and O–H groups in total. The van der Waals surface area contributed by atoms with Crippen LogP contribution in [0.2, 0.25) is 0 Å². The first-order chi connectivity index (χ1) is 19.2. The fourth-order valence-electron chi connectivity index (χ4n) is 5.86. The van der Waals surface area contributed by atoms with Crippen molar-refractivity contribution in [1.29, 1.82) is 0 Å². The first-order valence-electron chi connectivity index (χ1n) is 15.3. The Morgan fingerprint density at radius 3 is 0.571 bits per heavy atom. The van der Waals surface area contributed by atoms with E-state index in [0.29, 0.717) is 0 Å². The number of hydrogen-bond donors (Lipinski definition) is 0. The third kappa shape index (κ3) is 5.75. The van der Waals surface area contributed by atoms with E-state index < -0.39 is 5.96 Å². The summed E-state index contributed by atoms with van der Waals surface area (Å²) in [5.74, 6) is -3.69. The van der Waals surface area contributed by atoms with E-state index >= 15 is 0 Å². The van der Waals surface area contributed by atoms with E-state index in [1.54, 1.807) is 0 Å². The van der Waals surface area contributed by atoms with E-state index in [1.807, 2.05) is 0 Å². The fraction of sp³-hybridized carbons (Fsp3) is 0.400. The predicted molar refractivity (Wildman–Crippen MR) is 192 cm³/mol. The molecule has 0 aliphatic rings. The predicted octanol–water partition coefficient (Wildman–Crippen LogP) is 10.2. The van der Waals surface area contributed by atoms with Crippen molar-refractivity contribution in [2.45, 2.75) is 105 Å². The van der Waals surface area contributed by atoms with Crippen molar-refractivity contribution in [3.63, 3.8) is 0 Å². The fourth-order valence-corrected chi connectivity index (χ4v) is 11.8. The molecule has 0 spiro atoms. The second-order valence-corrected chi connectivity index (χ2v) is 22.3. The molecule has 0 saturated heterocycles. The average Bonchev–Trinajstić information content (AvgIpc) is 2.91. The minimum absolute atomic E-state index is 0.0539. The van der Waals surface area contributed by atoms with Crippen LogP contribution >= 0.6 is 17.2 Å². The van der Waals surface area contributed by atoms with Crippen LogP contribution in [-0.2, 0) is 21.7 Å². The SMILES string of the molecule is CC(C)(C)c1ccc(P(Cl)(c2ccc(C(C)(C)C)cc2)(c2ccc(C(C)(C)C)cc2)c2ccc(C(C)(C)C)cc2)cc1. The van der Waals surface area contributed by atoms with Gasteiger partial charge in [0.05, 0.1) is 0 Å². The summed E-state index contributed by atoms with van der Waals surface area (Å²) < 4.78 is 0. The van der Waals surface area contributed by atoms with Crippen LogP contribution < -0.4 is 21.2 Å². The Balaban J connectivity index is 2.16. The van der Waals surface area contributed by atoms with Gasteiger partial charge in [-0.3, -0.25) is 0 Å². The molecule has 0 saturated carbocycles. The summed E-state index contributed by atoms with van der Waals surface area (Å²) in [6.07, 6.45) is 0. The first-order valence-corrected chi connectivity index (χ1v) is 18.5. The molecule has 0 bridgehead atoms. The molecule has 4 aromatic rings. The van der Waals surface area contributed by atoms with Gasteiger partial charge in [-0.1, -0.05) is 0 Å². The second-order valence-electron chi connectivity index (χ2n) is 16.2. The normalized spacial score (nSPS) is 14.4. The molecule has 0 aliphatic carbocycles. The summed E-state index contributed by atoms with van der Waals surface area (Å²) in [5.41, 5.74) is 5.45. The molecule has 0 aromatic heterocycles. The van der Waals surface area contributed by atoms with E-state index in [0.717, 1.165) is 0 Å². The average molecular weight is 599 g/mol. The summed E-state index contributed by atoms with van der Waals surface area (Å²) in [7, 11) is 0. The van der Waals surface area contributed by atoms with Gasteiger partial charge in [0, 0.05) is 0 Å². The number of halogens is 1. The van der Waals surface area contributed by atoms with Gasteiger partial charge in [-0.15, -0.1) is 0 Å². The molecule has 224 valence electrons. The zero-order valence-corrected chi connectivity index (χ0v) is 29.7. The van der Waals surface area contributed by atoms with Crippen molar-refractivity contribution >= 4 is 38.4 Å². The zero-order valence-electron chi connectivity index (χ0n) is 28.1. The molecule has 0 atom stereocenters. The van der Waals surface area contributed by atoms with E-state index in [-0.39, 0.29) is 21.7 Å². The van der Waals surface area contributed by atoms with Crippen LogP contribution in [0.3, 0.4) is 0 Å². The van der Waals surface area contributed by atoms with Crippen LogP contribution in [0.4, 0.5) is 0 Å². The maximum atomic E-state index is 8.70. The van der Waals surface area contributed by atoms with Crippen molar-refractivity contribution in [3.05, 3.63) is 119 Å². The molecule has 0 heterocycles. The van der Waals surface area contributed by atoms with Gasteiger partial charge in [0.15, 0.2) is 0 Å². The Morgan fingerprint density at radius 2 is 0.452 bits per heavy atom. The van der Waals surface area contributed by atoms with Crippen LogP contribution in [0.15, 0.2) is 97.1 Å². The van der Waals surface area contributed by atoms with Gasteiger partial charge >= 0.3 is 262 Å². The third-order valence-corrected chi connectivity index (χ3v) is 16.3. The van der Waals surface area contributed by atoms with Crippen molar-refractivity contribution in [2.75, 3.05) is 0 Å². The number of hydrogen-bond acceptors (Lipinski definition) is 0. The molecular formula is C40H52ClP. The molecule has 4 aromatic carbocycles. The molecule has 0 nitrogen and oxygen atoms in total. The Bertz CT molecular complexity index is 1270. The van der Waals surface area contributed by atoms with Gasteiger partial charge in [0.25, 0.3) is 0 Å².